The van der Waals surface area contributed by atoms with Gasteiger partial charge < -0.3 is 10.1 Å². The number of nitrogens with one attached hydrogen (secondary N) is 1. The van der Waals surface area contributed by atoms with Gasteiger partial charge in [0, 0.05) is 12.6 Å². The van der Waals surface area contributed by atoms with Gasteiger partial charge in [-0.05, 0) is 37.5 Å². The number of hydrogen-bond acceptors (Lipinski definition) is 2. The van der Waals surface area contributed by atoms with E-state index in [2.05, 4.69) is 23.5 Å². The Balaban J connectivity index is 0.00000112. The van der Waals surface area contributed by atoms with Gasteiger partial charge in [0.2, 0.25) is 0 Å². The summed E-state index contributed by atoms with van der Waals surface area (Å²) in [5.74, 6) is 0.975. The lowest BCUT2D eigenvalue weighted by Crippen LogP contribution is -2.15. The normalized spacial score (nSPS) is 14.5. The van der Waals surface area contributed by atoms with E-state index >= 15 is 0 Å². The number of halogens is 1. The van der Waals surface area contributed by atoms with E-state index in [4.69, 9.17) is 4.74 Å². The van der Waals surface area contributed by atoms with Gasteiger partial charge in [0.1, 0.15) is 5.75 Å². The highest BCUT2D eigenvalue weighted by Gasteiger charge is 2.19. The van der Waals surface area contributed by atoms with Gasteiger partial charge in [0.15, 0.2) is 0 Å². The molecule has 1 aromatic carbocycles. The summed E-state index contributed by atoms with van der Waals surface area (Å²) in [7, 11) is 0. The van der Waals surface area contributed by atoms with Crippen LogP contribution in [0.5, 0.6) is 5.75 Å². The van der Waals surface area contributed by atoms with Crippen molar-refractivity contribution in [2.24, 2.45) is 0 Å². The maximum absolute atomic E-state index is 5.44. The Morgan fingerprint density at radius 1 is 1.40 bits per heavy atom. The van der Waals surface area contributed by atoms with Crippen molar-refractivity contribution in [1.29, 1.82) is 0 Å². The molecule has 1 aromatic rings. The maximum atomic E-state index is 5.44. The maximum Gasteiger partial charge on any atom is 0.119 e. The molecule has 0 atom stereocenters. The van der Waals surface area contributed by atoms with E-state index < -0.39 is 0 Å². The summed E-state index contributed by atoms with van der Waals surface area (Å²) in [6.07, 6.45) is 2.68. The Hall–Kier alpha value is -0.730. The quantitative estimate of drug-likeness (QED) is 0.835. The SMILES string of the molecule is CCOc1cccc(CNC2CC2)c1.Cl. The van der Waals surface area contributed by atoms with Gasteiger partial charge in [0.25, 0.3) is 0 Å². The van der Waals surface area contributed by atoms with Crippen molar-refractivity contribution in [2.45, 2.75) is 32.4 Å². The zero-order valence-electron chi connectivity index (χ0n) is 9.03. The van der Waals surface area contributed by atoms with Crippen molar-refractivity contribution in [3.8, 4) is 5.75 Å². The van der Waals surface area contributed by atoms with Crippen molar-refractivity contribution in [3.05, 3.63) is 29.8 Å². The van der Waals surface area contributed by atoms with E-state index in [1.54, 1.807) is 0 Å². The lowest BCUT2D eigenvalue weighted by atomic mass is 10.2. The first-order valence-corrected chi connectivity index (χ1v) is 5.33. The third-order valence-corrected chi connectivity index (χ3v) is 2.38. The molecule has 0 bridgehead atoms. The Morgan fingerprint density at radius 3 is 2.87 bits per heavy atom. The standard InChI is InChI=1S/C12H17NO.ClH/c1-2-14-12-5-3-4-10(8-12)9-13-11-6-7-11;/h3-5,8,11,13H,2,6-7,9H2,1H3;1H. The van der Waals surface area contributed by atoms with E-state index in [-0.39, 0.29) is 12.4 Å². The van der Waals surface area contributed by atoms with E-state index in [0.717, 1.165) is 24.9 Å². The second-order valence-electron chi connectivity index (χ2n) is 3.74. The highest BCUT2D eigenvalue weighted by molar-refractivity contribution is 5.85. The van der Waals surface area contributed by atoms with Crippen LogP contribution in [0.15, 0.2) is 24.3 Å². The first-order valence-electron chi connectivity index (χ1n) is 5.33. The molecule has 1 saturated carbocycles. The minimum absolute atomic E-state index is 0. The van der Waals surface area contributed by atoms with Crippen molar-refractivity contribution >= 4 is 12.4 Å². The van der Waals surface area contributed by atoms with Crippen LogP contribution < -0.4 is 10.1 Å². The Labute approximate surface area is 97.4 Å². The van der Waals surface area contributed by atoms with Gasteiger partial charge in [-0.1, -0.05) is 12.1 Å². The van der Waals surface area contributed by atoms with E-state index in [1.165, 1.54) is 18.4 Å². The second-order valence-corrected chi connectivity index (χ2v) is 3.74. The van der Waals surface area contributed by atoms with Crippen molar-refractivity contribution < 1.29 is 4.74 Å². The van der Waals surface area contributed by atoms with Crippen LogP contribution in [0, 0.1) is 0 Å². The molecule has 0 aliphatic heterocycles. The summed E-state index contributed by atoms with van der Waals surface area (Å²) in [6, 6.07) is 9.07. The first kappa shape index (κ1) is 12.3. The highest BCUT2D eigenvalue weighted by atomic mass is 35.5. The van der Waals surface area contributed by atoms with Crippen LogP contribution in [-0.2, 0) is 6.54 Å². The van der Waals surface area contributed by atoms with E-state index in [9.17, 15) is 0 Å². The lowest BCUT2D eigenvalue weighted by molar-refractivity contribution is 0.340. The first-order chi connectivity index (χ1) is 6.88. The average molecular weight is 228 g/mol. The smallest absolute Gasteiger partial charge is 0.119 e. The van der Waals surface area contributed by atoms with Gasteiger partial charge in [-0.25, -0.2) is 0 Å². The fourth-order valence-corrected chi connectivity index (χ4v) is 1.46. The summed E-state index contributed by atoms with van der Waals surface area (Å²) in [4.78, 5) is 0. The number of hydrogen-bond donors (Lipinski definition) is 1. The molecule has 0 aromatic heterocycles. The molecule has 1 aliphatic rings. The second kappa shape index (κ2) is 5.99. The molecule has 0 spiro atoms. The Bertz CT molecular complexity index is 299. The monoisotopic (exact) mass is 227 g/mol. The third-order valence-electron chi connectivity index (χ3n) is 2.38. The van der Waals surface area contributed by atoms with Gasteiger partial charge >= 0.3 is 0 Å². The summed E-state index contributed by atoms with van der Waals surface area (Å²) in [6.45, 7) is 3.71. The Kier molecular flexibility index (Phi) is 4.92. The summed E-state index contributed by atoms with van der Waals surface area (Å²) in [5, 5.41) is 3.49. The summed E-state index contributed by atoms with van der Waals surface area (Å²) < 4.78 is 5.44. The zero-order valence-corrected chi connectivity index (χ0v) is 9.85. The van der Waals surface area contributed by atoms with Crippen molar-refractivity contribution in [1.82, 2.24) is 5.32 Å². The molecule has 0 amide bonds. The number of benzene rings is 1. The number of ether oxygens (including phenoxy) is 1. The molecule has 2 rings (SSSR count). The van der Waals surface area contributed by atoms with E-state index in [1.807, 2.05) is 13.0 Å². The van der Waals surface area contributed by atoms with Crippen LogP contribution in [0.1, 0.15) is 25.3 Å². The van der Waals surface area contributed by atoms with Crippen molar-refractivity contribution in [2.75, 3.05) is 6.61 Å². The van der Waals surface area contributed by atoms with E-state index in [0.29, 0.717) is 0 Å². The predicted octanol–water partition coefficient (Wildman–Crippen LogP) is 2.76. The Morgan fingerprint density at radius 2 is 2.20 bits per heavy atom. The predicted molar refractivity (Wildman–Crippen MR) is 64.7 cm³/mol. The molecular formula is C12H18ClNO. The molecule has 1 aliphatic carbocycles. The molecule has 15 heavy (non-hydrogen) atoms. The van der Waals surface area contributed by atoms with Gasteiger partial charge in [-0.3, -0.25) is 0 Å². The summed E-state index contributed by atoms with van der Waals surface area (Å²) >= 11 is 0. The lowest BCUT2D eigenvalue weighted by Gasteiger charge is -2.06. The van der Waals surface area contributed by atoms with Crippen LogP contribution in [-0.4, -0.2) is 12.6 Å². The molecule has 84 valence electrons. The largest absolute Gasteiger partial charge is 0.494 e. The van der Waals surface area contributed by atoms with Crippen LogP contribution in [0.2, 0.25) is 0 Å². The third kappa shape index (κ3) is 4.10. The topological polar surface area (TPSA) is 21.3 Å². The zero-order chi connectivity index (χ0) is 9.80. The van der Waals surface area contributed by atoms with Crippen LogP contribution >= 0.6 is 12.4 Å². The molecule has 2 nitrogen and oxygen atoms in total. The van der Waals surface area contributed by atoms with Gasteiger partial charge in [0.05, 0.1) is 6.61 Å². The molecule has 0 unspecified atom stereocenters. The minimum Gasteiger partial charge on any atom is -0.494 e. The molecule has 1 N–H and O–H groups in total. The molecule has 1 fully saturated rings. The summed E-state index contributed by atoms with van der Waals surface area (Å²) in [5.41, 5.74) is 1.31. The molecule has 0 heterocycles. The average Bonchev–Trinajstić information content (AvgIpc) is 2.99. The molecule has 0 radical (unpaired) electrons. The van der Waals surface area contributed by atoms with Gasteiger partial charge in [-0.15, -0.1) is 12.4 Å². The van der Waals surface area contributed by atoms with Crippen molar-refractivity contribution in [3.63, 3.8) is 0 Å². The molecule has 0 saturated heterocycles. The van der Waals surface area contributed by atoms with Crippen LogP contribution in [0.3, 0.4) is 0 Å². The van der Waals surface area contributed by atoms with Crippen LogP contribution in [0.4, 0.5) is 0 Å². The molecule has 3 heteroatoms. The fraction of sp³-hybridized carbons (Fsp3) is 0.500. The fourth-order valence-electron chi connectivity index (χ4n) is 1.46. The molecular weight excluding hydrogens is 210 g/mol. The number of rotatable bonds is 5. The minimum atomic E-state index is 0. The van der Waals surface area contributed by atoms with Crippen LogP contribution in [0.25, 0.3) is 0 Å². The highest BCUT2D eigenvalue weighted by Crippen LogP contribution is 2.20. The van der Waals surface area contributed by atoms with Gasteiger partial charge in [-0.2, -0.15) is 0 Å².